The molecule has 1 amide bonds. The van der Waals surface area contributed by atoms with Crippen molar-refractivity contribution >= 4 is 15.9 Å². The predicted octanol–water partition coefficient (Wildman–Crippen LogP) is 2.58. The molecule has 0 spiro atoms. The van der Waals surface area contributed by atoms with E-state index in [2.05, 4.69) is 0 Å². The molecule has 0 aromatic heterocycles. The minimum atomic E-state index is -4.75. The van der Waals surface area contributed by atoms with Crippen LogP contribution in [0.2, 0.25) is 0 Å². The number of carbonyl (C=O) groups is 1. The van der Waals surface area contributed by atoms with E-state index in [0.717, 1.165) is 16.4 Å². The Morgan fingerprint density at radius 1 is 1.15 bits per heavy atom. The monoisotopic (exact) mass is 390 g/mol. The summed E-state index contributed by atoms with van der Waals surface area (Å²) in [7, 11) is -1.25. The van der Waals surface area contributed by atoms with Crippen LogP contribution in [0.25, 0.3) is 0 Å². The topological polar surface area (TPSA) is 57.7 Å². The number of fused-ring (bicyclic) bond motifs is 1. The van der Waals surface area contributed by atoms with Crippen LogP contribution in [0.15, 0.2) is 29.2 Å². The first-order chi connectivity index (χ1) is 12.0. The molecule has 2 fully saturated rings. The summed E-state index contributed by atoms with van der Waals surface area (Å²) >= 11 is 0. The van der Waals surface area contributed by atoms with Crippen molar-refractivity contribution in [1.29, 1.82) is 0 Å². The average molecular weight is 390 g/mol. The maximum Gasteiger partial charge on any atom is 0.417 e. The number of sulfonamides is 1. The first-order valence-corrected chi connectivity index (χ1v) is 9.84. The number of amides is 1. The molecule has 3 atom stereocenters. The Hall–Kier alpha value is -1.61. The number of nitrogens with zero attached hydrogens (tertiary/aromatic N) is 2. The highest BCUT2D eigenvalue weighted by Gasteiger charge is 2.45. The molecule has 0 N–H and O–H groups in total. The van der Waals surface area contributed by atoms with Crippen molar-refractivity contribution in [2.45, 2.75) is 36.4 Å². The molecule has 1 aromatic carbocycles. The lowest BCUT2D eigenvalue weighted by Crippen LogP contribution is -2.40. The molecule has 0 radical (unpaired) electrons. The van der Waals surface area contributed by atoms with Crippen molar-refractivity contribution in [2.24, 2.45) is 11.8 Å². The SMILES string of the molecule is CN1C[C@H]2C[C@@H](N(C)S(=O)(=O)c3ccccc3C(F)(F)F)C[C@H]2CC1=O. The standard InChI is InChI=1S/C17H21F3N2O3S/c1-21-10-12-8-13(7-11(12)9-16(21)23)22(2)26(24,25)15-6-4-3-5-14(15)17(18,19)20/h3-6,11-13H,7-10H2,1-2H3/t11-,12+,13-/m0/s1. The van der Waals surface area contributed by atoms with Gasteiger partial charge in [-0.1, -0.05) is 12.1 Å². The lowest BCUT2D eigenvalue weighted by Gasteiger charge is -2.31. The second-order valence-electron chi connectivity index (χ2n) is 7.14. The van der Waals surface area contributed by atoms with E-state index in [1.54, 1.807) is 11.9 Å². The highest BCUT2D eigenvalue weighted by atomic mass is 32.2. The molecule has 0 bridgehead atoms. The summed E-state index contributed by atoms with van der Waals surface area (Å²) in [5, 5.41) is 0. The van der Waals surface area contributed by atoms with Crippen LogP contribution in [-0.2, 0) is 21.0 Å². The molecule has 1 aliphatic heterocycles. The van der Waals surface area contributed by atoms with Crippen LogP contribution in [0.4, 0.5) is 13.2 Å². The van der Waals surface area contributed by atoms with Gasteiger partial charge in [0.15, 0.2) is 0 Å². The van der Waals surface area contributed by atoms with Crippen LogP contribution in [0.1, 0.15) is 24.8 Å². The van der Waals surface area contributed by atoms with Crippen LogP contribution < -0.4 is 0 Å². The van der Waals surface area contributed by atoms with Crippen molar-refractivity contribution in [3.63, 3.8) is 0 Å². The van der Waals surface area contributed by atoms with E-state index in [4.69, 9.17) is 0 Å². The molecule has 144 valence electrons. The predicted molar refractivity (Wildman–Crippen MR) is 88.6 cm³/mol. The second-order valence-corrected chi connectivity index (χ2v) is 9.10. The van der Waals surface area contributed by atoms with Crippen LogP contribution >= 0.6 is 0 Å². The first-order valence-electron chi connectivity index (χ1n) is 8.40. The van der Waals surface area contributed by atoms with E-state index in [9.17, 15) is 26.4 Å². The van der Waals surface area contributed by atoms with Crippen LogP contribution in [0, 0.1) is 11.8 Å². The van der Waals surface area contributed by atoms with Gasteiger partial charge in [-0.3, -0.25) is 4.79 Å². The van der Waals surface area contributed by atoms with Gasteiger partial charge in [0, 0.05) is 33.1 Å². The molecule has 5 nitrogen and oxygen atoms in total. The molecule has 2 aliphatic rings. The van der Waals surface area contributed by atoms with Gasteiger partial charge in [0.05, 0.1) is 10.5 Å². The molecule has 1 aliphatic carbocycles. The molecule has 1 saturated heterocycles. The summed E-state index contributed by atoms with van der Waals surface area (Å²) in [4.78, 5) is 12.8. The molecule has 3 rings (SSSR count). The van der Waals surface area contributed by atoms with Gasteiger partial charge < -0.3 is 4.90 Å². The van der Waals surface area contributed by atoms with Gasteiger partial charge in [0.1, 0.15) is 0 Å². The van der Waals surface area contributed by atoms with Crippen molar-refractivity contribution in [1.82, 2.24) is 9.21 Å². The summed E-state index contributed by atoms with van der Waals surface area (Å²) in [6.45, 7) is 0.563. The highest BCUT2D eigenvalue weighted by molar-refractivity contribution is 7.89. The number of likely N-dealkylation sites (tertiary alicyclic amines) is 1. The Bertz CT molecular complexity index is 810. The third-order valence-electron chi connectivity index (χ3n) is 5.55. The average Bonchev–Trinajstić information content (AvgIpc) is 2.96. The number of rotatable bonds is 3. The molecule has 1 saturated carbocycles. The van der Waals surface area contributed by atoms with Crippen molar-refractivity contribution in [3.8, 4) is 0 Å². The normalized spacial score (nSPS) is 27.1. The molecule has 1 heterocycles. The zero-order chi connectivity index (χ0) is 19.3. The molecular weight excluding hydrogens is 369 g/mol. The number of hydrogen-bond donors (Lipinski definition) is 0. The van der Waals surface area contributed by atoms with Crippen molar-refractivity contribution in [2.75, 3.05) is 20.6 Å². The third kappa shape index (κ3) is 3.34. The quantitative estimate of drug-likeness (QED) is 0.797. The summed E-state index contributed by atoms with van der Waals surface area (Å²) in [6.07, 6.45) is -3.34. The van der Waals surface area contributed by atoms with E-state index >= 15 is 0 Å². The number of alkyl halides is 3. The smallest absolute Gasteiger partial charge is 0.345 e. The maximum atomic E-state index is 13.2. The Kier molecular flexibility index (Phi) is 4.81. The first kappa shape index (κ1) is 19.2. The summed E-state index contributed by atoms with van der Waals surface area (Å²) in [6, 6.07) is 3.83. The number of hydrogen-bond acceptors (Lipinski definition) is 3. The Morgan fingerprint density at radius 3 is 2.42 bits per heavy atom. The van der Waals surface area contributed by atoms with Crippen LogP contribution in [-0.4, -0.2) is 50.2 Å². The number of piperidine rings is 1. The number of carbonyl (C=O) groups excluding carboxylic acids is 1. The fourth-order valence-electron chi connectivity index (χ4n) is 4.06. The minimum absolute atomic E-state index is 0.0276. The molecule has 26 heavy (non-hydrogen) atoms. The third-order valence-corrected chi connectivity index (χ3v) is 7.52. The van der Waals surface area contributed by atoms with Gasteiger partial charge in [0.25, 0.3) is 0 Å². The zero-order valence-electron chi connectivity index (χ0n) is 14.5. The largest absolute Gasteiger partial charge is 0.417 e. The molecular formula is C17H21F3N2O3S. The Labute approximate surface area is 150 Å². The van der Waals surface area contributed by atoms with E-state index in [0.29, 0.717) is 25.8 Å². The van der Waals surface area contributed by atoms with Crippen LogP contribution in [0.5, 0.6) is 0 Å². The van der Waals surface area contributed by atoms with Gasteiger partial charge in [0.2, 0.25) is 15.9 Å². The van der Waals surface area contributed by atoms with E-state index in [1.807, 2.05) is 0 Å². The fourth-order valence-corrected chi connectivity index (χ4v) is 5.65. The van der Waals surface area contributed by atoms with Gasteiger partial charge in [-0.25, -0.2) is 8.42 Å². The minimum Gasteiger partial charge on any atom is -0.345 e. The van der Waals surface area contributed by atoms with E-state index in [-0.39, 0.29) is 17.7 Å². The molecule has 0 unspecified atom stereocenters. The van der Waals surface area contributed by atoms with E-state index < -0.39 is 32.7 Å². The maximum absolute atomic E-state index is 13.2. The van der Waals surface area contributed by atoms with Gasteiger partial charge in [-0.2, -0.15) is 17.5 Å². The summed E-state index contributed by atoms with van der Waals surface area (Å²) < 4.78 is 66.5. The fraction of sp³-hybridized carbons (Fsp3) is 0.588. The second kappa shape index (κ2) is 6.53. The summed E-state index contributed by atoms with van der Waals surface area (Å²) in [5.41, 5.74) is -1.16. The highest BCUT2D eigenvalue weighted by Crippen LogP contribution is 2.42. The van der Waals surface area contributed by atoms with Crippen LogP contribution in [0.3, 0.4) is 0 Å². The van der Waals surface area contributed by atoms with Crippen molar-refractivity contribution in [3.05, 3.63) is 29.8 Å². The zero-order valence-corrected chi connectivity index (χ0v) is 15.3. The van der Waals surface area contributed by atoms with E-state index in [1.165, 1.54) is 19.2 Å². The molecule has 1 aromatic rings. The Balaban J connectivity index is 1.87. The lowest BCUT2D eigenvalue weighted by molar-refractivity contribution is -0.140. The number of benzene rings is 1. The van der Waals surface area contributed by atoms with Gasteiger partial charge in [-0.15, -0.1) is 0 Å². The summed E-state index contributed by atoms with van der Waals surface area (Å²) in [5.74, 6) is 0.289. The van der Waals surface area contributed by atoms with Gasteiger partial charge >= 0.3 is 6.18 Å². The molecule has 9 heteroatoms. The number of halogens is 3. The van der Waals surface area contributed by atoms with Crippen molar-refractivity contribution < 1.29 is 26.4 Å². The van der Waals surface area contributed by atoms with Gasteiger partial charge in [-0.05, 0) is 36.8 Å². The Morgan fingerprint density at radius 2 is 1.77 bits per heavy atom. The lowest BCUT2D eigenvalue weighted by atomic mass is 9.88.